The molecule has 5 nitrogen and oxygen atoms in total. The Balaban J connectivity index is 1.97. The first-order valence-corrected chi connectivity index (χ1v) is 8.16. The molecule has 0 fully saturated rings. The molecule has 0 saturated carbocycles. The predicted octanol–water partition coefficient (Wildman–Crippen LogP) is 4.00. The summed E-state index contributed by atoms with van der Waals surface area (Å²) in [4.78, 5) is 13.3. The van der Waals surface area contributed by atoms with Gasteiger partial charge in [-0.2, -0.15) is 0 Å². The van der Waals surface area contributed by atoms with E-state index in [1.54, 1.807) is 18.2 Å². The molecule has 0 spiro atoms. The first-order valence-electron chi connectivity index (χ1n) is 8.16. The minimum atomic E-state index is -0.994. The molecule has 3 aromatic carbocycles. The molecule has 0 amide bonds. The second kappa shape index (κ2) is 7.61. The standard InChI is InChI=1S/C21H19NO4/c23-19-9-10-20(24)17(12-19)14-22(13-15-5-2-1-3-6-15)18-8-4-7-16(11-18)21(25)26/h1-12,23-24H,13-14H2,(H,25,26). The topological polar surface area (TPSA) is 81.0 Å². The highest BCUT2D eigenvalue weighted by molar-refractivity contribution is 5.88. The molecule has 0 bridgehead atoms. The molecule has 0 heterocycles. The summed E-state index contributed by atoms with van der Waals surface area (Å²) in [7, 11) is 0. The summed E-state index contributed by atoms with van der Waals surface area (Å²) in [6.07, 6.45) is 0. The maximum atomic E-state index is 11.3. The summed E-state index contributed by atoms with van der Waals surface area (Å²) in [6.45, 7) is 0.844. The first-order chi connectivity index (χ1) is 12.5. The van der Waals surface area contributed by atoms with Crippen LogP contribution in [-0.2, 0) is 13.1 Å². The highest BCUT2D eigenvalue weighted by Gasteiger charge is 2.14. The van der Waals surface area contributed by atoms with Crippen molar-refractivity contribution in [1.29, 1.82) is 0 Å². The molecule has 132 valence electrons. The van der Waals surface area contributed by atoms with Gasteiger partial charge < -0.3 is 20.2 Å². The van der Waals surface area contributed by atoms with E-state index in [1.165, 1.54) is 18.2 Å². The van der Waals surface area contributed by atoms with Gasteiger partial charge in [0.25, 0.3) is 0 Å². The molecule has 0 aromatic heterocycles. The molecular formula is C21H19NO4. The van der Waals surface area contributed by atoms with Crippen molar-refractivity contribution in [3.8, 4) is 11.5 Å². The third kappa shape index (κ3) is 4.13. The molecule has 0 saturated heterocycles. The van der Waals surface area contributed by atoms with Gasteiger partial charge in [0, 0.05) is 24.3 Å². The fourth-order valence-corrected chi connectivity index (χ4v) is 2.78. The molecular weight excluding hydrogens is 330 g/mol. The third-order valence-electron chi connectivity index (χ3n) is 4.10. The van der Waals surface area contributed by atoms with Gasteiger partial charge in [0.05, 0.1) is 5.56 Å². The van der Waals surface area contributed by atoms with Crippen LogP contribution >= 0.6 is 0 Å². The van der Waals surface area contributed by atoms with Crippen molar-refractivity contribution in [2.75, 3.05) is 4.90 Å². The van der Waals surface area contributed by atoms with Crippen LogP contribution in [0, 0.1) is 0 Å². The molecule has 0 aliphatic heterocycles. The third-order valence-corrected chi connectivity index (χ3v) is 4.10. The number of carboxylic acids is 1. The molecule has 3 aromatic rings. The quantitative estimate of drug-likeness (QED) is 0.586. The van der Waals surface area contributed by atoms with E-state index < -0.39 is 5.97 Å². The van der Waals surface area contributed by atoms with Crippen LogP contribution in [0.3, 0.4) is 0 Å². The minimum Gasteiger partial charge on any atom is -0.508 e. The number of nitrogens with zero attached hydrogens (tertiary/aromatic N) is 1. The van der Waals surface area contributed by atoms with Crippen LogP contribution in [0.15, 0.2) is 72.8 Å². The van der Waals surface area contributed by atoms with E-state index in [0.29, 0.717) is 18.7 Å². The summed E-state index contributed by atoms with van der Waals surface area (Å²) in [5.74, 6) is -0.848. The zero-order chi connectivity index (χ0) is 18.5. The van der Waals surface area contributed by atoms with Gasteiger partial charge in [-0.3, -0.25) is 0 Å². The molecule has 26 heavy (non-hydrogen) atoms. The Morgan fingerprint density at radius 3 is 2.35 bits per heavy atom. The number of aromatic hydroxyl groups is 2. The Bertz CT molecular complexity index is 909. The van der Waals surface area contributed by atoms with Gasteiger partial charge in [-0.15, -0.1) is 0 Å². The number of carboxylic acid groups (broad SMARTS) is 1. The maximum Gasteiger partial charge on any atom is 0.335 e. The minimum absolute atomic E-state index is 0.0664. The zero-order valence-electron chi connectivity index (χ0n) is 14.0. The van der Waals surface area contributed by atoms with E-state index >= 15 is 0 Å². The van der Waals surface area contributed by atoms with E-state index in [-0.39, 0.29) is 17.1 Å². The van der Waals surface area contributed by atoms with Crippen LogP contribution < -0.4 is 4.90 Å². The second-order valence-electron chi connectivity index (χ2n) is 6.01. The van der Waals surface area contributed by atoms with Crippen LogP contribution in [-0.4, -0.2) is 21.3 Å². The predicted molar refractivity (Wildman–Crippen MR) is 99.5 cm³/mol. The zero-order valence-corrected chi connectivity index (χ0v) is 14.0. The van der Waals surface area contributed by atoms with Crippen LogP contribution in [0.4, 0.5) is 5.69 Å². The molecule has 0 aliphatic carbocycles. The number of hydrogen-bond acceptors (Lipinski definition) is 4. The lowest BCUT2D eigenvalue weighted by Crippen LogP contribution is -2.22. The van der Waals surface area contributed by atoms with Crippen LogP contribution in [0.5, 0.6) is 11.5 Å². The molecule has 3 rings (SSSR count). The lowest BCUT2D eigenvalue weighted by Gasteiger charge is -2.26. The van der Waals surface area contributed by atoms with E-state index in [9.17, 15) is 20.1 Å². The summed E-state index contributed by atoms with van der Waals surface area (Å²) in [5, 5.41) is 29.1. The van der Waals surface area contributed by atoms with E-state index in [1.807, 2.05) is 41.3 Å². The number of anilines is 1. The number of phenolic OH excluding ortho intramolecular Hbond substituents is 2. The molecule has 0 atom stereocenters. The van der Waals surface area contributed by atoms with Crippen LogP contribution in [0.1, 0.15) is 21.5 Å². The molecule has 0 unspecified atom stereocenters. The molecule has 3 N–H and O–H groups in total. The van der Waals surface area contributed by atoms with Gasteiger partial charge in [0.2, 0.25) is 0 Å². The Kier molecular flexibility index (Phi) is 5.08. The number of carbonyl (C=O) groups is 1. The number of phenols is 2. The number of aromatic carboxylic acids is 1. The van der Waals surface area contributed by atoms with Gasteiger partial charge in [0.1, 0.15) is 11.5 Å². The Labute approximate surface area is 151 Å². The lowest BCUT2D eigenvalue weighted by atomic mass is 10.1. The second-order valence-corrected chi connectivity index (χ2v) is 6.01. The summed E-state index contributed by atoms with van der Waals surface area (Å²) in [5.41, 5.74) is 2.52. The van der Waals surface area contributed by atoms with Crippen molar-refractivity contribution in [2.45, 2.75) is 13.1 Å². The lowest BCUT2D eigenvalue weighted by molar-refractivity contribution is 0.0697. The highest BCUT2D eigenvalue weighted by Crippen LogP contribution is 2.27. The van der Waals surface area contributed by atoms with Gasteiger partial charge in [-0.1, -0.05) is 36.4 Å². The van der Waals surface area contributed by atoms with Crippen molar-refractivity contribution < 1.29 is 20.1 Å². The van der Waals surface area contributed by atoms with Crippen molar-refractivity contribution in [3.63, 3.8) is 0 Å². The fourth-order valence-electron chi connectivity index (χ4n) is 2.78. The average molecular weight is 349 g/mol. The monoisotopic (exact) mass is 349 g/mol. The van der Waals surface area contributed by atoms with Crippen LogP contribution in [0.25, 0.3) is 0 Å². The summed E-state index contributed by atoms with van der Waals surface area (Å²) >= 11 is 0. The van der Waals surface area contributed by atoms with Crippen molar-refractivity contribution in [2.24, 2.45) is 0 Å². The van der Waals surface area contributed by atoms with Gasteiger partial charge in [0.15, 0.2) is 0 Å². The van der Waals surface area contributed by atoms with Gasteiger partial charge in [-0.05, 0) is 42.0 Å². The molecule has 5 heteroatoms. The number of hydrogen-bond donors (Lipinski definition) is 3. The van der Waals surface area contributed by atoms with Crippen molar-refractivity contribution in [1.82, 2.24) is 0 Å². The largest absolute Gasteiger partial charge is 0.508 e. The van der Waals surface area contributed by atoms with E-state index in [0.717, 1.165) is 11.3 Å². The normalized spacial score (nSPS) is 10.5. The smallest absolute Gasteiger partial charge is 0.335 e. The van der Waals surface area contributed by atoms with E-state index in [2.05, 4.69) is 0 Å². The first kappa shape index (κ1) is 17.4. The molecule has 0 aliphatic rings. The number of rotatable bonds is 6. The fraction of sp³-hybridized carbons (Fsp3) is 0.0952. The Hall–Kier alpha value is -3.47. The Morgan fingerprint density at radius 1 is 0.846 bits per heavy atom. The SMILES string of the molecule is O=C(O)c1cccc(N(Cc2ccccc2)Cc2cc(O)ccc2O)c1. The van der Waals surface area contributed by atoms with Gasteiger partial charge >= 0.3 is 5.97 Å². The summed E-state index contributed by atoms with van der Waals surface area (Å²) in [6, 6.07) is 20.8. The highest BCUT2D eigenvalue weighted by atomic mass is 16.4. The summed E-state index contributed by atoms with van der Waals surface area (Å²) < 4.78 is 0. The number of benzene rings is 3. The van der Waals surface area contributed by atoms with Crippen molar-refractivity contribution in [3.05, 3.63) is 89.5 Å². The van der Waals surface area contributed by atoms with Crippen molar-refractivity contribution >= 4 is 11.7 Å². The maximum absolute atomic E-state index is 11.3. The van der Waals surface area contributed by atoms with E-state index in [4.69, 9.17) is 0 Å². The van der Waals surface area contributed by atoms with Crippen LogP contribution in [0.2, 0.25) is 0 Å². The molecule has 0 radical (unpaired) electrons. The van der Waals surface area contributed by atoms with Gasteiger partial charge in [-0.25, -0.2) is 4.79 Å². The Morgan fingerprint density at radius 2 is 1.62 bits per heavy atom. The average Bonchev–Trinajstić information content (AvgIpc) is 2.65.